The molecule has 1 aliphatic rings. The predicted molar refractivity (Wildman–Crippen MR) is 41.9 cm³/mol. The Hall–Kier alpha value is 0.460. The lowest BCUT2D eigenvalue weighted by Crippen LogP contribution is -2.47. The predicted octanol–water partition coefficient (Wildman–Crippen LogP) is 0.301. The summed E-state index contributed by atoms with van der Waals surface area (Å²) in [6, 6.07) is 0. The van der Waals surface area contributed by atoms with Gasteiger partial charge in [0.25, 0.3) is 0 Å². The molecule has 0 aromatic carbocycles. The number of aliphatic hydroxyl groups excluding tert-OH is 2. The van der Waals surface area contributed by atoms with Crippen LogP contribution in [0.15, 0.2) is 0 Å². The Morgan fingerprint density at radius 3 is 2.64 bits per heavy atom. The Bertz CT molecular complexity index is 133. The highest BCUT2D eigenvalue weighted by Crippen LogP contribution is 2.23. The number of halogens is 2. The van der Waals surface area contributed by atoms with Crippen LogP contribution in [0, 0.1) is 0 Å². The van der Waals surface area contributed by atoms with Gasteiger partial charge in [-0.25, -0.2) is 0 Å². The Morgan fingerprint density at radius 1 is 1.45 bits per heavy atom. The number of ether oxygens (including phenoxy) is 1. The van der Waals surface area contributed by atoms with E-state index in [-0.39, 0.29) is 12.3 Å². The third kappa shape index (κ3) is 2.20. The van der Waals surface area contributed by atoms with Gasteiger partial charge in [0.05, 0.1) is 12.0 Å². The lowest BCUT2D eigenvalue weighted by molar-refractivity contribution is -0.138. The summed E-state index contributed by atoms with van der Waals surface area (Å²) in [6.45, 7) is 0. The molecule has 3 nitrogen and oxygen atoms in total. The van der Waals surface area contributed by atoms with E-state index in [0.717, 1.165) is 0 Å². The van der Waals surface area contributed by atoms with E-state index in [1.54, 1.807) is 0 Å². The number of hydrogen-bond acceptors (Lipinski definition) is 3. The quantitative estimate of drug-likeness (QED) is 0.600. The van der Waals surface area contributed by atoms with Gasteiger partial charge >= 0.3 is 0 Å². The van der Waals surface area contributed by atoms with Crippen molar-refractivity contribution in [1.29, 1.82) is 0 Å². The van der Waals surface area contributed by atoms with Crippen LogP contribution in [0.3, 0.4) is 0 Å². The third-order valence-corrected chi connectivity index (χ3v) is 2.26. The van der Waals surface area contributed by atoms with Gasteiger partial charge in [-0.2, -0.15) is 0 Å². The molecule has 0 spiro atoms. The fourth-order valence-corrected chi connectivity index (χ4v) is 1.60. The first-order valence-corrected chi connectivity index (χ1v) is 4.34. The van der Waals surface area contributed by atoms with Crippen molar-refractivity contribution in [2.75, 3.05) is 5.88 Å². The topological polar surface area (TPSA) is 49.7 Å². The maximum Gasteiger partial charge on any atom is 0.134 e. The molecule has 1 rings (SSSR count). The average Bonchev–Trinajstić information content (AvgIpc) is 1.96. The van der Waals surface area contributed by atoms with Crippen molar-refractivity contribution in [3.63, 3.8) is 0 Å². The third-order valence-electron chi connectivity index (χ3n) is 1.68. The molecule has 1 fully saturated rings. The summed E-state index contributed by atoms with van der Waals surface area (Å²) < 4.78 is 5.04. The van der Waals surface area contributed by atoms with Gasteiger partial charge in [-0.3, -0.25) is 0 Å². The van der Waals surface area contributed by atoms with Gasteiger partial charge in [0, 0.05) is 6.42 Å². The van der Waals surface area contributed by atoms with Gasteiger partial charge in [-0.1, -0.05) is 11.6 Å². The zero-order chi connectivity index (χ0) is 8.43. The smallest absolute Gasteiger partial charge is 0.134 e. The highest BCUT2D eigenvalue weighted by molar-refractivity contribution is 6.20. The lowest BCUT2D eigenvalue weighted by Gasteiger charge is -2.33. The molecule has 1 unspecified atom stereocenters. The van der Waals surface area contributed by atoms with Gasteiger partial charge in [0.15, 0.2) is 0 Å². The minimum absolute atomic E-state index is 0.140. The second kappa shape index (κ2) is 3.92. The molecule has 5 heteroatoms. The fraction of sp³-hybridized carbons (Fsp3) is 1.00. The Labute approximate surface area is 74.9 Å². The number of hydrogen-bond donors (Lipinski definition) is 2. The molecule has 0 amide bonds. The SMILES string of the molecule is O[C@@H]1[C@H](O)CC(Cl)O[C@@H]1CCl. The standard InChI is InChI=1S/C6H10Cl2O3/c7-2-4-6(10)3(9)1-5(8)11-4/h3-6,9-10H,1-2H2/t3-,4-,5?,6-/m1/s1. The molecule has 0 aliphatic carbocycles. The Kier molecular flexibility index (Phi) is 3.40. The number of alkyl halides is 2. The van der Waals surface area contributed by atoms with E-state index >= 15 is 0 Å². The maximum absolute atomic E-state index is 9.24. The minimum atomic E-state index is -0.914. The highest BCUT2D eigenvalue weighted by Gasteiger charge is 2.35. The van der Waals surface area contributed by atoms with Crippen LogP contribution in [0.1, 0.15) is 6.42 Å². The van der Waals surface area contributed by atoms with Gasteiger partial charge in [0.2, 0.25) is 0 Å². The molecular formula is C6H10Cl2O3. The summed E-state index contributed by atoms with van der Waals surface area (Å²) in [4.78, 5) is 0. The van der Waals surface area contributed by atoms with Crippen molar-refractivity contribution >= 4 is 23.2 Å². The molecule has 1 aliphatic heterocycles. The summed E-state index contributed by atoms with van der Waals surface area (Å²) in [6.07, 6.45) is -2.05. The van der Waals surface area contributed by atoms with Gasteiger partial charge < -0.3 is 14.9 Å². The monoisotopic (exact) mass is 200 g/mol. The molecular weight excluding hydrogens is 191 g/mol. The van der Waals surface area contributed by atoms with Crippen LogP contribution in [0.2, 0.25) is 0 Å². The molecule has 0 aromatic heterocycles. The summed E-state index contributed by atoms with van der Waals surface area (Å²) in [7, 11) is 0. The van der Waals surface area contributed by atoms with Crippen molar-refractivity contribution in [3.8, 4) is 0 Å². The lowest BCUT2D eigenvalue weighted by atomic mass is 10.0. The molecule has 66 valence electrons. The Balaban J connectivity index is 2.51. The van der Waals surface area contributed by atoms with E-state index < -0.39 is 23.9 Å². The normalized spacial score (nSPS) is 45.8. The van der Waals surface area contributed by atoms with Gasteiger partial charge in [0.1, 0.15) is 17.8 Å². The molecule has 0 radical (unpaired) electrons. The summed E-state index contributed by atoms with van der Waals surface area (Å²) in [5.74, 6) is 0.140. The molecule has 1 heterocycles. The largest absolute Gasteiger partial charge is 0.390 e. The van der Waals surface area contributed by atoms with Crippen LogP contribution < -0.4 is 0 Å². The van der Waals surface area contributed by atoms with Crippen molar-refractivity contribution in [3.05, 3.63) is 0 Å². The first-order chi connectivity index (χ1) is 5.15. The summed E-state index contributed by atoms with van der Waals surface area (Å²) >= 11 is 11.0. The molecule has 1 saturated heterocycles. The maximum atomic E-state index is 9.24. The first-order valence-electron chi connectivity index (χ1n) is 3.36. The van der Waals surface area contributed by atoms with Crippen LogP contribution >= 0.6 is 23.2 Å². The van der Waals surface area contributed by atoms with E-state index in [0.29, 0.717) is 0 Å². The molecule has 11 heavy (non-hydrogen) atoms. The van der Waals surface area contributed by atoms with E-state index in [2.05, 4.69) is 0 Å². The number of rotatable bonds is 1. The van der Waals surface area contributed by atoms with Crippen LogP contribution in [0.5, 0.6) is 0 Å². The number of aliphatic hydroxyl groups is 2. The highest BCUT2D eigenvalue weighted by atomic mass is 35.5. The van der Waals surface area contributed by atoms with Crippen LogP contribution in [0.25, 0.3) is 0 Å². The van der Waals surface area contributed by atoms with Gasteiger partial charge in [-0.05, 0) is 0 Å². The van der Waals surface area contributed by atoms with Crippen molar-refractivity contribution < 1.29 is 14.9 Å². The summed E-state index contributed by atoms with van der Waals surface area (Å²) in [5, 5.41) is 18.4. The minimum Gasteiger partial charge on any atom is -0.390 e. The second-order valence-corrected chi connectivity index (χ2v) is 3.33. The van der Waals surface area contributed by atoms with E-state index in [1.807, 2.05) is 0 Å². The van der Waals surface area contributed by atoms with Crippen molar-refractivity contribution in [2.24, 2.45) is 0 Å². The molecule has 0 aromatic rings. The van der Waals surface area contributed by atoms with E-state index in [9.17, 15) is 10.2 Å². The Morgan fingerprint density at radius 2 is 2.09 bits per heavy atom. The average molecular weight is 201 g/mol. The van der Waals surface area contributed by atoms with Crippen molar-refractivity contribution in [1.82, 2.24) is 0 Å². The van der Waals surface area contributed by atoms with Crippen LogP contribution in [-0.4, -0.2) is 40.0 Å². The zero-order valence-corrected chi connectivity index (χ0v) is 7.29. The first kappa shape index (κ1) is 9.55. The molecule has 0 bridgehead atoms. The van der Waals surface area contributed by atoms with Crippen molar-refractivity contribution in [2.45, 2.75) is 30.3 Å². The molecule has 2 N–H and O–H groups in total. The fourth-order valence-electron chi connectivity index (χ4n) is 1.03. The van der Waals surface area contributed by atoms with Gasteiger partial charge in [-0.15, -0.1) is 11.6 Å². The molecule has 4 atom stereocenters. The summed E-state index contributed by atoms with van der Waals surface area (Å²) in [5.41, 5.74) is -0.544. The van der Waals surface area contributed by atoms with E-state index in [4.69, 9.17) is 27.9 Å². The second-order valence-electron chi connectivity index (χ2n) is 2.53. The van der Waals surface area contributed by atoms with Crippen LogP contribution in [-0.2, 0) is 4.74 Å². The van der Waals surface area contributed by atoms with Crippen LogP contribution in [0.4, 0.5) is 0 Å². The molecule has 0 saturated carbocycles. The van der Waals surface area contributed by atoms with E-state index in [1.165, 1.54) is 0 Å². The zero-order valence-electron chi connectivity index (χ0n) is 5.78.